The van der Waals surface area contributed by atoms with E-state index in [2.05, 4.69) is 10.4 Å². The molecule has 88 valence electrons. The van der Waals surface area contributed by atoms with E-state index in [1.165, 1.54) is 12.1 Å². The highest BCUT2D eigenvalue weighted by Gasteiger charge is 2.26. The predicted molar refractivity (Wildman–Crippen MR) is 69.0 cm³/mol. The van der Waals surface area contributed by atoms with Crippen LogP contribution in [0.25, 0.3) is 0 Å². The number of hydrogen-bond donors (Lipinski definition) is 1. The van der Waals surface area contributed by atoms with Crippen LogP contribution in [-0.4, -0.2) is 12.9 Å². The maximum absolute atomic E-state index is 12.8. The lowest BCUT2D eigenvalue weighted by molar-refractivity contribution is 0.284. The number of halogens is 1. The molecule has 5 heteroatoms. The summed E-state index contributed by atoms with van der Waals surface area (Å²) in [6, 6.07) is 15.8. The summed E-state index contributed by atoms with van der Waals surface area (Å²) in [5.74, 6) is 0.349. The topological polar surface area (TPSA) is 33.6 Å². The second kappa shape index (κ2) is 4.62. The smallest absolute Gasteiger partial charge is 0.300 e. The summed E-state index contributed by atoms with van der Waals surface area (Å²) in [5.41, 5.74) is 4.54. The van der Waals surface area contributed by atoms with Crippen molar-refractivity contribution in [3.8, 4) is 0 Å². The molecular weight excluding hydrogens is 230 g/mol. The molecule has 0 radical (unpaired) electrons. The lowest BCUT2D eigenvalue weighted by Crippen LogP contribution is -2.31. The molecule has 0 saturated heterocycles. The van der Waals surface area contributed by atoms with Gasteiger partial charge in [-0.3, -0.25) is 15.1 Å². The summed E-state index contributed by atoms with van der Waals surface area (Å²) < 4.78 is 18.2. The Kier molecular flexibility index (Phi) is 2.82. The number of nitrogens with one attached hydrogen (secondary N) is 1. The monoisotopic (exact) mass is 240 g/mol. The first-order valence-corrected chi connectivity index (χ1v) is 5.63. The molecule has 0 bridgehead atoms. The molecule has 2 aromatic carbocycles. The van der Waals surface area contributed by atoms with Crippen LogP contribution in [0.3, 0.4) is 0 Å². The van der Waals surface area contributed by atoms with Crippen molar-refractivity contribution >= 4 is 18.3 Å². The molecule has 0 aliphatic carbocycles. The Labute approximate surface area is 104 Å². The van der Waals surface area contributed by atoms with Crippen molar-refractivity contribution in [2.45, 2.75) is 0 Å². The van der Waals surface area contributed by atoms with E-state index in [4.69, 9.17) is 4.76 Å². The molecule has 0 spiro atoms. The highest BCUT2D eigenvalue weighted by atomic mass is 19.1. The third-order valence-corrected chi connectivity index (χ3v) is 2.72. The van der Waals surface area contributed by atoms with Gasteiger partial charge in [0.15, 0.2) is 0 Å². The van der Waals surface area contributed by atoms with E-state index in [9.17, 15) is 4.39 Å². The van der Waals surface area contributed by atoms with Crippen molar-refractivity contribution in [1.29, 1.82) is 0 Å². The van der Waals surface area contributed by atoms with Gasteiger partial charge in [0.2, 0.25) is 0 Å². The summed E-state index contributed by atoms with van der Waals surface area (Å²) in [6.45, 7) is 0. The van der Waals surface area contributed by atoms with Gasteiger partial charge in [-0.15, -0.1) is 0 Å². The zero-order valence-corrected chi connectivity index (χ0v) is 9.51. The normalized spacial score (nSPS) is 14.3. The van der Waals surface area contributed by atoms with Gasteiger partial charge in [0.1, 0.15) is 11.7 Å². The number of hydrogen-bond acceptors (Lipinski definition) is 3. The van der Waals surface area contributed by atoms with Crippen LogP contribution in [-0.2, 0) is 4.76 Å². The maximum atomic E-state index is 12.8. The first kappa shape index (κ1) is 11.0. The van der Waals surface area contributed by atoms with Crippen LogP contribution in [0.4, 0.5) is 4.39 Å². The molecule has 0 saturated carbocycles. The van der Waals surface area contributed by atoms with Crippen LogP contribution < -0.4 is 10.9 Å². The number of benzene rings is 2. The lowest BCUT2D eigenvalue weighted by atomic mass is 9.75. The van der Waals surface area contributed by atoms with Crippen LogP contribution in [0.5, 0.6) is 0 Å². The van der Waals surface area contributed by atoms with Gasteiger partial charge in [-0.2, -0.15) is 0 Å². The summed E-state index contributed by atoms with van der Waals surface area (Å²) in [4.78, 5) is 4.42. The summed E-state index contributed by atoms with van der Waals surface area (Å²) in [5, 5.41) is 0. The minimum absolute atomic E-state index is 0.266. The van der Waals surface area contributed by atoms with Crippen molar-refractivity contribution in [3.05, 3.63) is 66.0 Å². The molecule has 0 aromatic heterocycles. The van der Waals surface area contributed by atoms with E-state index in [-0.39, 0.29) is 12.9 Å². The van der Waals surface area contributed by atoms with Crippen LogP contribution in [0.15, 0.2) is 59.5 Å². The van der Waals surface area contributed by atoms with E-state index in [0.29, 0.717) is 5.84 Å². The average molecular weight is 240 g/mol. The molecule has 0 unspecified atom stereocenters. The second-order valence-electron chi connectivity index (χ2n) is 3.97. The Morgan fingerprint density at radius 1 is 1.00 bits per heavy atom. The fourth-order valence-corrected chi connectivity index (χ4v) is 1.78. The standard InChI is InChI=1S/C13H10BFN2O/c15-12-8-6-10(7-9-12)13-16-14(18-17-13)11-4-2-1-3-5-11/h1-9H,(H,16,17). The lowest BCUT2D eigenvalue weighted by Gasteiger charge is -2.01. The van der Waals surface area contributed by atoms with Gasteiger partial charge in [-0.1, -0.05) is 30.3 Å². The molecule has 1 N–H and O–H groups in total. The third kappa shape index (κ3) is 2.12. The minimum atomic E-state index is -0.355. The number of rotatable bonds is 2. The summed E-state index contributed by atoms with van der Waals surface area (Å²) in [6.07, 6.45) is 0. The molecule has 0 atom stereocenters. The van der Waals surface area contributed by atoms with Crippen molar-refractivity contribution in [3.63, 3.8) is 0 Å². The Morgan fingerprint density at radius 3 is 2.44 bits per heavy atom. The molecular formula is C13H10BFN2O. The van der Waals surface area contributed by atoms with Gasteiger partial charge < -0.3 is 0 Å². The first-order chi connectivity index (χ1) is 8.83. The molecule has 2 aromatic rings. The largest absolute Gasteiger partial charge is 0.496 e. The Balaban J connectivity index is 1.86. The molecule has 1 aliphatic rings. The number of nitrogens with zero attached hydrogens (tertiary/aromatic N) is 1. The Hall–Kier alpha value is -2.14. The van der Waals surface area contributed by atoms with E-state index in [0.717, 1.165) is 11.0 Å². The quantitative estimate of drug-likeness (QED) is 0.807. The highest BCUT2D eigenvalue weighted by molar-refractivity contribution is 6.68. The number of amidine groups is 1. The molecule has 3 rings (SSSR count). The molecule has 18 heavy (non-hydrogen) atoms. The molecule has 1 heterocycles. The Bertz CT molecular complexity index is 571. The summed E-state index contributed by atoms with van der Waals surface area (Å²) in [7, 11) is -0.355. The molecule has 0 fully saturated rings. The van der Waals surface area contributed by atoms with Gasteiger partial charge >= 0.3 is 7.05 Å². The van der Waals surface area contributed by atoms with E-state index in [1.54, 1.807) is 12.1 Å². The van der Waals surface area contributed by atoms with Crippen molar-refractivity contribution < 1.29 is 9.15 Å². The summed E-state index contributed by atoms with van der Waals surface area (Å²) >= 11 is 0. The maximum Gasteiger partial charge on any atom is 0.496 e. The third-order valence-electron chi connectivity index (χ3n) is 2.72. The second-order valence-corrected chi connectivity index (χ2v) is 3.97. The van der Waals surface area contributed by atoms with Crippen LogP contribution in [0.2, 0.25) is 0 Å². The minimum Gasteiger partial charge on any atom is -0.300 e. The Morgan fingerprint density at radius 2 is 1.72 bits per heavy atom. The zero-order valence-electron chi connectivity index (χ0n) is 9.51. The van der Waals surface area contributed by atoms with Gasteiger partial charge in [0, 0.05) is 5.56 Å². The first-order valence-electron chi connectivity index (χ1n) is 5.63. The average Bonchev–Trinajstić information content (AvgIpc) is 2.90. The van der Waals surface area contributed by atoms with Crippen LogP contribution in [0.1, 0.15) is 5.56 Å². The fourth-order valence-electron chi connectivity index (χ4n) is 1.78. The number of hydroxylamine groups is 1. The predicted octanol–water partition coefficient (Wildman–Crippen LogP) is 1.50. The van der Waals surface area contributed by atoms with Crippen LogP contribution in [0, 0.1) is 5.82 Å². The van der Waals surface area contributed by atoms with Crippen molar-refractivity contribution in [1.82, 2.24) is 5.48 Å². The van der Waals surface area contributed by atoms with E-state index < -0.39 is 0 Å². The van der Waals surface area contributed by atoms with Crippen molar-refractivity contribution in [2.75, 3.05) is 0 Å². The molecule has 1 aliphatic heterocycles. The van der Waals surface area contributed by atoms with Crippen molar-refractivity contribution in [2.24, 2.45) is 4.90 Å². The SMILES string of the molecule is Fc1ccc(C2=NB(c3ccccc3)ON2)cc1. The van der Waals surface area contributed by atoms with Gasteiger partial charge in [-0.25, -0.2) is 4.39 Å². The van der Waals surface area contributed by atoms with Crippen LogP contribution >= 0.6 is 0 Å². The fraction of sp³-hybridized carbons (Fsp3) is 0. The van der Waals surface area contributed by atoms with E-state index in [1.807, 2.05) is 30.3 Å². The highest BCUT2D eigenvalue weighted by Crippen LogP contribution is 2.08. The molecule has 3 nitrogen and oxygen atoms in total. The van der Waals surface area contributed by atoms with Gasteiger partial charge in [-0.05, 0) is 29.7 Å². The zero-order chi connectivity index (χ0) is 12.4. The molecule has 0 amide bonds. The van der Waals surface area contributed by atoms with Gasteiger partial charge in [0.25, 0.3) is 0 Å². The van der Waals surface area contributed by atoms with E-state index >= 15 is 0 Å². The van der Waals surface area contributed by atoms with Gasteiger partial charge in [0.05, 0.1) is 0 Å².